The van der Waals surface area contributed by atoms with E-state index in [0.717, 1.165) is 41.2 Å². The lowest BCUT2D eigenvalue weighted by molar-refractivity contribution is -0.135. The van der Waals surface area contributed by atoms with Crippen LogP contribution in [-0.4, -0.2) is 46.6 Å². The molecule has 3 aromatic rings. The van der Waals surface area contributed by atoms with Gasteiger partial charge >= 0.3 is 0 Å². The molecule has 1 amide bonds. The number of likely N-dealkylation sites (tertiary alicyclic amines) is 1. The van der Waals surface area contributed by atoms with Crippen molar-refractivity contribution in [2.75, 3.05) is 19.7 Å². The molecule has 6 nitrogen and oxygen atoms in total. The summed E-state index contributed by atoms with van der Waals surface area (Å²) in [6.45, 7) is 1.90. The second-order valence-corrected chi connectivity index (χ2v) is 8.75. The summed E-state index contributed by atoms with van der Waals surface area (Å²) in [5.41, 5.74) is 2.11. The molecule has 3 unspecified atom stereocenters. The van der Waals surface area contributed by atoms with Gasteiger partial charge in [-0.15, -0.1) is 0 Å². The topological polar surface area (TPSA) is 74.7 Å². The van der Waals surface area contributed by atoms with Crippen LogP contribution in [0.2, 0.25) is 0 Å². The number of fused-ring (bicyclic) bond motifs is 2. The average Bonchev–Trinajstić information content (AvgIpc) is 3.24. The molecular weight excluding hydrogens is 386 g/mol. The summed E-state index contributed by atoms with van der Waals surface area (Å²) < 4.78 is 7.01. The Kier molecular flexibility index (Phi) is 4.95. The number of rotatable bonds is 7. The van der Waals surface area contributed by atoms with Crippen molar-refractivity contribution in [1.82, 2.24) is 15.2 Å². The number of aliphatic hydroxyl groups is 1. The van der Waals surface area contributed by atoms with Crippen LogP contribution in [0.3, 0.4) is 0 Å². The molecule has 1 aliphatic heterocycles. The Morgan fingerprint density at radius 3 is 2.86 bits per heavy atom. The van der Waals surface area contributed by atoms with Crippen molar-refractivity contribution in [2.24, 2.45) is 11.8 Å². The maximum atomic E-state index is 11.9. The zero-order valence-electron chi connectivity index (χ0n) is 16.0. The molecule has 2 heterocycles. The molecule has 5 rings (SSSR count). The van der Waals surface area contributed by atoms with E-state index in [4.69, 9.17) is 9.84 Å². The Labute approximate surface area is 173 Å². The lowest BCUT2D eigenvalue weighted by atomic mass is 10.1. The van der Waals surface area contributed by atoms with Gasteiger partial charge in [0.25, 0.3) is 5.19 Å². The minimum absolute atomic E-state index is 0.152. The highest BCUT2D eigenvalue weighted by Crippen LogP contribution is 2.49. The van der Waals surface area contributed by atoms with Gasteiger partial charge in [0.2, 0.25) is 5.91 Å². The molecule has 1 aromatic heterocycles. The number of carbonyl (C=O) groups is 1. The van der Waals surface area contributed by atoms with Gasteiger partial charge in [-0.2, -0.15) is 0 Å². The van der Waals surface area contributed by atoms with Crippen molar-refractivity contribution in [1.29, 1.82) is 0 Å². The molecule has 29 heavy (non-hydrogen) atoms. The quantitative estimate of drug-likeness (QED) is 0.628. The van der Waals surface area contributed by atoms with E-state index in [-0.39, 0.29) is 11.9 Å². The van der Waals surface area contributed by atoms with E-state index >= 15 is 0 Å². The zero-order valence-corrected chi connectivity index (χ0v) is 16.8. The number of nitrogens with zero attached hydrogens (tertiary/aromatic N) is 2. The molecule has 2 N–H and O–H groups in total. The Hall–Kier alpha value is -2.48. The number of hydrogen-bond donors (Lipinski definition) is 2. The fraction of sp³-hybridized carbons (Fsp3) is 0.364. The number of para-hydroxylation sites is 1. The minimum Gasteiger partial charge on any atom is -0.431 e. The number of aliphatic hydroxyl groups excluding tert-OH is 1. The Morgan fingerprint density at radius 2 is 2.07 bits per heavy atom. The molecule has 1 saturated carbocycles. The first-order chi connectivity index (χ1) is 14.2. The summed E-state index contributed by atoms with van der Waals surface area (Å²) in [6.07, 6.45) is 1.21. The van der Waals surface area contributed by atoms with Crippen LogP contribution in [-0.2, 0) is 11.3 Å². The van der Waals surface area contributed by atoms with Gasteiger partial charge in [0, 0.05) is 25.7 Å². The van der Waals surface area contributed by atoms with Crippen LogP contribution < -0.4 is 10.1 Å². The van der Waals surface area contributed by atoms with Gasteiger partial charge in [0.15, 0.2) is 0 Å². The van der Waals surface area contributed by atoms with Crippen molar-refractivity contribution in [3.8, 4) is 10.9 Å². The van der Waals surface area contributed by atoms with Crippen molar-refractivity contribution in [2.45, 2.75) is 19.0 Å². The number of thiazole rings is 1. The third-order valence-corrected chi connectivity index (χ3v) is 6.76. The summed E-state index contributed by atoms with van der Waals surface area (Å²) >= 11 is 1.54. The van der Waals surface area contributed by atoms with Crippen LogP contribution >= 0.6 is 11.3 Å². The minimum atomic E-state index is -0.397. The highest BCUT2D eigenvalue weighted by molar-refractivity contribution is 7.20. The third-order valence-electron chi connectivity index (χ3n) is 5.84. The summed E-state index contributed by atoms with van der Waals surface area (Å²) in [4.78, 5) is 18.2. The first-order valence-electron chi connectivity index (χ1n) is 9.94. The van der Waals surface area contributed by atoms with Crippen LogP contribution in [0, 0.1) is 11.8 Å². The summed E-state index contributed by atoms with van der Waals surface area (Å²) in [6, 6.07) is 16.2. The van der Waals surface area contributed by atoms with E-state index in [2.05, 4.69) is 10.3 Å². The van der Waals surface area contributed by atoms with E-state index in [0.29, 0.717) is 17.0 Å². The molecule has 0 radical (unpaired) electrons. The van der Waals surface area contributed by atoms with E-state index in [9.17, 15) is 4.79 Å². The monoisotopic (exact) mass is 409 g/mol. The lowest BCUT2D eigenvalue weighted by Gasteiger charge is -2.27. The zero-order chi connectivity index (χ0) is 19.8. The highest BCUT2D eigenvalue weighted by atomic mass is 32.1. The number of aromatic nitrogens is 1. The van der Waals surface area contributed by atoms with Gasteiger partial charge in [0.1, 0.15) is 12.4 Å². The van der Waals surface area contributed by atoms with E-state index < -0.39 is 6.61 Å². The fourth-order valence-electron chi connectivity index (χ4n) is 4.25. The van der Waals surface area contributed by atoms with Gasteiger partial charge in [-0.25, -0.2) is 4.98 Å². The van der Waals surface area contributed by atoms with Gasteiger partial charge in [-0.05, 0) is 48.1 Å². The number of piperidine rings is 1. The first-order valence-corrected chi connectivity index (χ1v) is 10.8. The van der Waals surface area contributed by atoms with E-state index in [1.165, 1.54) is 17.8 Å². The summed E-state index contributed by atoms with van der Waals surface area (Å²) in [5.74, 6) is 1.85. The molecule has 0 bridgehead atoms. The number of benzene rings is 2. The van der Waals surface area contributed by atoms with Gasteiger partial charge in [-0.1, -0.05) is 35.6 Å². The molecule has 0 spiro atoms. The smallest absolute Gasteiger partial charge is 0.279 e. The standard InChI is InChI=1S/C22H23N3O3S/c26-13-21(27)25-12-15-9-17(15)19(25)11-23-10-14-5-7-16(8-6-14)28-22-24-18-3-1-2-4-20(18)29-22/h1-8,15,17,19,23,26H,9-13H2. The highest BCUT2D eigenvalue weighted by Gasteiger charge is 2.53. The van der Waals surface area contributed by atoms with Gasteiger partial charge < -0.3 is 20.1 Å². The predicted octanol–water partition coefficient (Wildman–Crippen LogP) is 3.02. The number of nitrogens with one attached hydrogen (secondary N) is 1. The molecule has 3 atom stereocenters. The fourth-order valence-corrected chi connectivity index (χ4v) is 5.08. The SMILES string of the molecule is O=C(CO)N1CC2CC2C1CNCc1ccc(Oc2nc3ccccc3s2)cc1. The van der Waals surface area contributed by atoms with Gasteiger partial charge in [-0.3, -0.25) is 4.79 Å². The molecule has 2 aliphatic rings. The van der Waals surface area contributed by atoms with Crippen LogP contribution in [0.5, 0.6) is 10.9 Å². The Bertz CT molecular complexity index is 987. The van der Waals surface area contributed by atoms with Crippen molar-refractivity contribution < 1.29 is 14.6 Å². The number of hydrogen-bond acceptors (Lipinski definition) is 6. The van der Waals surface area contributed by atoms with Gasteiger partial charge in [0.05, 0.1) is 10.2 Å². The molecular formula is C22H23N3O3S. The molecule has 1 aliphatic carbocycles. The molecule has 2 aromatic carbocycles. The first kappa shape index (κ1) is 18.5. The molecule has 150 valence electrons. The largest absolute Gasteiger partial charge is 0.431 e. The van der Waals surface area contributed by atoms with Crippen LogP contribution in [0.1, 0.15) is 12.0 Å². The second-order valence-electron chi connectivity index (χ2n) is 7.76. The molecule has 7 heteroatoms. The maximum absolute atomic E-state index is 11.9. The van der Waals surface area contributed by atoms with Crippen molar-refractivity contribution >= 4 is 27.5 Å². The molecule has 1 saturated heterocycles. The predicted molar refractivity (Wildman–Crippen MR) is 112 cm³/mol. The van der Waals surface area contributed by atoms with Crippen LogP contribution in [0.25, 0.3) is 10.2 Å². The van der Waals surface area contributed by atoms with Crippen molar-refractivity contribution in [3.63, 3.8) is 0 Å². The number of carbonyl (C=O) groups excluding carboxylic acids is 1. The van der Waals surface area contributed by atoms with Crippen molar-refractivity contribution in [3.05, 3.63) is 54.1 Å². The Balaban J connectivity index is 1.15. The summed E-state index contributed by atoms with van der Waals surface area (Å²) in [7, 11) is 0. The third kappa shape index (κ3) is 3.85. The van der Waals surface area contributed by atoms with Crippen LogP contribution in [0.4, 0.5) is 0 Å². The van der Waals surface area contributed by atoms with Crippen LogP contribution in [0.15, 0.2) is 48.5 Å². The average molecular weight is 410 g/mol. The normalized spacial score (nSPS) is 22.7. The summed E-state index contributed by atoms with van der Waals surface area (Å²) in [5, 5.41) is 13.3. The second kappa shape index (κ2) is 7.74. The number of ether oxygens (including phenoxy) is 1. The molecule has 2 fully saturated rings. The van der Waals surface area contributed by atoms with E-state index in [1.54, 1.807) is 0 Å². The Morgan fingerprint density at radius 1 is 1.24 bits per heavy atom. The number of amides is 1. The van der Waals surface area contributed by atoms with E-state index in [1.807, 2.05) is 53.4 Å². The maximum Gasteiger partial charge on any atom is 0.279 e. The lowest BCUT2D eigenvalue weighted by Crippen LogP contribution is -2.45.